The van der Waals surface area contributed by atoms with Gasteiger partial charge >= 0.3 is 11.8 Å². The Labute approximate surface area is 150 Å². The van der Waals surface area contributed by atoms with Gasteiger partial charge < -0.3 is 19.8 Å². The number of fused-ring (bicyclic) bond motifs is 1. The van der Waals surface area contributed by atoms with Gasteiger partial charge in [0.1, 0.15) is 5.75 Å². The van der Waals surface area contributed by atoms with Gasteiger partial charge in [-0.3, -0.25) is 4.57 Å². The Morgan fingerprint density at radius 3 is 2.77 bits per heavy atom. The summed E-state index contributed by atoms with van der Waals surface area (Å²) in [6, 6.07) is 12.2. The lowest BCUT2D eigenvalue weighted by Gasteiger charge is -2.09. The molecule has 0 aliphatic carbocycles. The second-order valence-corrected chi connectivity index (χ2v) is 6.17. The average molecular weight is 355 g/mol. The molecule has 7 heteroatoms. The van der Waals surface area contributed by atoms with E-state index in [4.69, 9.17) is 9.15 Å². The first-order valence-corrected chi connectivity index (χ1v) is 8.31. The molecule has 0 aliphatic rings. The third kappa shape index (κ3) is 3.72. The normalized spacial score (nSPS) is 10.9. The minimum absolute atomic E-state index is 0.00581. The number of hydrogen-bond acceptors (Lipinski definition) is 4. The fraction of sp³-hybridized carbons (Fsp3) is 0.263. The number of oxazole rings is 1. The van der Waals surface area contributed by atoms with Gasteiger partial charge in [-0.2, -0.15) is 0 Å². The Balaban J connectivity index is 1.68. The maximum Gasteiger partial charge on any atom is 0.420 e. The van der Waals surface area contributed by atoms with Crippen molar-refractivity contribution in [3.05, 3.63) is 58.6 Å². The van der Waals surface area contributed by atoms with Crippen molar-refractivity contribution in [2.45, 2.75) is 26.4 Å². The van der Waals surface area contributed by atoms with E-state index in [1.807, 2.05) is 38.1 Å². The average Bonchev–Trinajstić information content (AvgIpc) is 2.95. The van der Waals surface area contributed by atoms with Crippen LogP contribution in [0.1, 0.15) is 25.5 Å². The molecule has 7 nitrogen and oxygen atoms in total. The fourth-order valence-corrected chi connectivity index (χ4v) is 2.74. The number of hydrogen-bond donors (Lipinski definition) is 2. The van der Waals surface area contributed by atoms with E-state index in [0.29, 0.717) is 23.3 Å². The second-order valence-electron chi connectivity index (χ2n) is 6.17. The Morgan fingerprint density at radius 2 is 2.04 bits per heavy atom. The summed E-state index contributed by atoms with van der Waals surface area (Å²) < 4.78 is 12.0. The number of amides is 2. The summed E-state index contributed by atoms with van der Waals surface area (Å²) in [4.78, 5) is 24.0. The van der Waals surface area contributed by atoms with Crippen LogP contribution in [-0.2, 0) is 6.54 Å². The molecule has 0 radical (unpaired) electrons. The molecule has 3 aromatic rings. The molecule has 26 heavy (non-hydrogen) atoms. The minimum Gasteiger partial charge on any atom is -0.497 e. The summed E-state index contributed by atoms with van der Waals surface area (Å²) in [6.07, 6.45) is 0. The van der Waals surface area contributed by atoms with Crippen molar-refractivity contribution in [3.63, 3.8) is 0 Å². The van der Waals surface area contributed by atoms with Crippen LogP contribution in [0.3, 0.4) is 0 Å². The number of carbonyl (C=O) groups is 1. The number of nitrogens with zero attached hydrogens (tertiary/aromatic N) is 1. The second kappa shape index (κ2) is 7.35. The molecule has 1 aromatic heterocycles. The van der Waals surface area contributed by atoms with E-state index < -0.39 is 5.76 Å². The van der Waals surface area contributed by atoms with Crippen LogP contribution >= 0.6 is 0 Å². The van der Waals surface area contributed by atoms with Crippen molar-refractivity contribution >= 4 is 22.8 Å². The van der Waals surface area contributed by atoms with Gasteiger partial charge in [-0.05, 0) is 43.7 Å². The standard InChI is InChI=1S/C19H21N3O4/c1-12(2)22-16-8-7-14(10-17(16)26-19(22)24)21-18(23)20-11-13-5-4-6-15(9-13)25-3/h4-10,12H,11H2,1-3H3,(H2,20,21,23). The van der Waals surface area contributed by atoms with E-state index in [0.717, 1.165) is 11.3 Å². The van der Waals surface area contributed by atoms with Crippen molar-refractivity contribution in [2.24, 2.45) is 0 Å². The Morgan fingerprint density at radius 1 is 1.23 bits per heavy atom. The largest absolute Gasteiger partial charge is 0.497 e. The maximum absolute atomic E-state index is 12.1. The van der Waals surface area contributed by atoms with Crippen LogP contribution in [0.2, 0.25) is 0 Å². The monoisotopic (exact) mass is 355 g/mol. The summed E-state index contributed by atoms with van der Waals surface area (Å²) >= 11 is 0. The van der Waals surface area contributed by atoms with Crippen molar-refractivity contribution < 1.29 is 13.9 Å². The molecule has 0 atom stereocenters. The maximum atomic E-state index is 12.1. The number of ether oxygens (including phenoxy) is 1. The molecule has 0 unspecified atom stereocenters. The molecular formula is C19H21N3O4. The quantitative estimate of drug-likeness (QED) is 0.733. The van der Waals surface area contributed by atoms with Crippen LogP contribution in [0.4, 0.5) is 10.5 Å². The van der Waals surface area contributed by atoms with E-state index in [-0.39, 0.29) is 12.1 Å². The first-order valence-electron chi connectivity index (χ1n) is 8.31. The number of urea groups is 1. The smallest absolute Gasteiger partial charge is 0.420 e. The summed E-state index contributed by atoms with van der Waals surface area (Å²) in [6.45, 7) is 4.19. The Kier molecular flexibility index (Phi) is 4.97. The van der Waals surface area contributed by atoms with E-state index in [1.54, 1.807) is 29.9 Å². The zero-order valence-corrected chi connectivity index (χ0v) is 14.9. The highest BCUT2D eigenvalue weighted by Gasteiger charge is 2.13. The third-order valence-corrected chi connectivity index (χ3v) is 3.97. The summed E-state index contributed by atoms with van der Waals surface area (Å²) in [7, 11) is 1.60. The lowest BCUT2D eigenvalue weighted by atomic mass is 10.2. The van der Waals surface area contributed by atoms with E-state index in [1.165, 1.54) is 0 Å². The molecule has 0 bridgehead atoms. The number of rotatable bonds is 5. The molecule has 0 fully saturated rings. The third-order valence-electron chi connectivity index (χ3n) is 3.97. The Bertz CT molecular complexity index is 988. The van der Waals surface area contributed by atoms with Crippen LogP contribution in [-0.4, -0.2) is 17.7 Å². The van der Waals surface area contributed by atoms with Gasteiger partial charge in [0.05, 0.1) is 12.6 Å². The number of aromatic nitrogens is 1. The first kappa shape index (κ1) is 17.6. The topological polar surface area (TPSA) is 85.5 Å². The first-order chi connectivity index (χ1) is 12.5. The van der Waals surface area contributed by atoms with Gasteiger partial charge in [0.2, 0.25) is 0 Å². The molecule has 1 heterocycles. The Hall–Kier alpha value is -3.22. The number of anilines is 1. The zero-order valence-electron chi connectivity index (χ0n) is 14.9. The summed E-state index contributed by atoms with van der Waals surface area (Å²) in [5.41, 5.74) is 2.61. The van der Waals surface area contributed by atoms with Gasteiger partial charge in [-0.25, -0.2) is 9.59 Å². The van der Waals surface area contributed by atoms with Crippen molar-refractivity contribution in [1.29, 1.82) is 0 Å². The van der Waals surface area contributed by atoms with Crippen molar-refractivity contribution in [2.75, 3.05) is 12.4 Å². The van der Waals surface area contributed by atoms with Crippen molar-refractivity contribution in [3.8, 4) is 5.75 Å². The van der Waals surface area contributed by atoms with Gasteiger partial charge in [0.25, 0.3) is 0 Å². The number of methoxy groups -OCH3 is 1. The molecule has 2 N–H and O–H groups in total. The SMILES string of the molecule is COc1cccc(CNC(=O)Nc2ccc3c(c2)oc(=O)n3C(C)C)c1. The van der Waals surface area contributed by atoms with Gasteiger partial charge in [0.15, 0.2) is 5.58 Å². The van der Waals surface area contributed by atoms with E-state index in [2.05, 4.69) is 10.6 Å². The highest BCUT2D eigenvalue weighted by molar-refractivity contribution is 5.91. The number of carbonyl (C=O) groups excluding carboxylic acids is 1. The van der Waals surface area contributed by atoms with E-state index in [9.17, 15) is 9.59 Å². The number of nitrogens with one attached hydrogen (secondary N) is 2. The van der Waals surface area contributed by atoms with E-state index >= 15 is 0 Å². The predicted molar refractivity (Wildman–Crippen MR) is 99.7 cm³/mol. The fourth-order valence-electron chi connectivity index (χ4n) is 2.74. The lowest BCUT2D eigenvalue weighted by Crippen LogP contribution is -2.28. The molecule has 136 valence electrons. The predicted octanol–water partition coefficient (Wildman–Crippen LogP) is 3.51. The zero-order chi connectivity index (χ0) is 18.7. The number of benzene rings is 2. The van der Waals surface area contributed by atoms with Crippen LogP contribution in [0, 0.1) is 0 Å². The molecule has 0 aliphatic heterocycles. The molecular weight excluding hydrogens is 334 g/mol. The minimum atomic E-state index is -0.408. The van der Waals surface area contributed by atoms with Crippen LogP contribution in [0.5, 0.6) is 5.75 Å². The van der Waals surface area contributed by atoms with Gasteiger partial charge in [-0.1, -0.05) is 12.1 Å². The lowest BCUT2D eigenvalue weighted by molar-refractivity contribution is 0.251. The van der Waals surface area contributed by atoms with Crippen LogP contribution in [0.15, 0.2) is 51.7 Å². The summed E-state index contributed by atoms with van der Waals surface area (Å²) in [5.74, 6) is 0.328. The van der Waals surface area contributed by atoms with Gasteiger partial charge in [-0.15, -0.1) is 0 Å². The summed E-state index contributed by atoms with van der Waals surface area (Å²) in [5, 5.41) is 5.52. The molecule has 2 aromatic carbocycles. The molecule has 0 saturated carbocycles. The molecule has 0 saturated heterocycles. The highest BCUT2D eigenvalue weighted by atomic mass is 16.5. The van der Waals surface area contributed by atoms with Crippen LogP contribution in [0.25, 0.3) is 11.1 Å². The molecule has 0 spiro atoms. The van der Waals surface area contributed by atoms with Gasteiger partial charge in [0, 0.05) is 24.3 Å². The molecule has 3 rings (SSSR count). The molecule has 2 amide bonds. The van der Waals surface area contributed by atoms with Crippen LogP contribution < -0.4 is 21.1 Å². The highest BCUT2D eigenvalue weighted by Crippen LogP contribution is 2.21. The van der Waals surface area contributed by atoms with Crippen molar-refractivity contribution in [1.82, 2.24) is 9.88 Å².